The van der Waals surface area contributed by atoms with Gasteiger partial charge in [-0.25, -0.2) is 9.97 Å². The average molecular weight is 291 g/mol. The van der Waals surface area contributed by atoms with Crippen LogP contribution in [0.25, 0.3) is 10.6 Å². The van der Waals surface area contributed by atoms with Crippen LogP contribution in [0.4, 0.5) is 5.82 Å². The highest BCUT2D eigenvalue weighted by Gasteiger charge is 2.06. The highest BCUT2D eigenvalue weighted by molar-refractivity contribution is 9.10. The predicted molar refractivity (Wildman–Crippen MR) is 62.5 cm³/mol. The molecular formula is C8H5BrClN3S. The van der Waals surface area contributed by atoms with Crippen LogP contribution in [0.15, 0.2) is 22.1 Å². The van der Waals surface area contributed by atoms with Crippen LogP contribution in [0.1, 0.15) is 0 Å². The van der Waals surface area contributed by atoms with E-state index in [4.69, 9.17) is 17.3 Å². The van der Waals surface area contributed by atoms with Crippen molar-refractivity contribution in [3.8, 4) is 10.6 Å². The van der Waals surface area contributed by atoms with Gasteiger partial charge in [0.1, 0.15) is 16.0 Å². The van der Waals surface area contributed by atoms with Gasteiger partial charge in [0, 0.05) is 17.1 Å². The Kier molecular flexibility index (Phi) is 2.71. The topological polar surface area (TPSA) is 51.8 Å². The molecule has 0 aliphatic rings. The van der Waals surface area contributed by atoms with Crippen LogP contribution in [0.2, 0.25) is 5.15 Å². The summed E-state index contributed by atoms with van der Waals surface area (Å²) in [5.74, 6) is 0.524. The fourth-order valence-electron chi connectivity index (χ4n) is 0.957. The Labute approximate surface area is 98.1 Å². The molecule has 6 heteroatoms. The first-order valence-corrected chi connectivity index (χ1v) is 5.74. The summed E-state index contributed by atoms with van der Waals surface area (Å²) in [6.45, 7) is 0. The number of aromatic nitrogens is 2. The molecule has 2 aromatic heterocycles. The molecule has 14 heavy (non-hydrogen) atoms. The van der Waals surface area contributed by atoms with Crippen LogP contribution in [-0.4, -0.2) is 9.97 Å². The molecule has 0 fully saturated rings. The molecular weight excluding hydrogens is 286 g/mol. The second kappa shape index (κ2) is 3.84. The summed E-state index contributed by atoms with van der Waals surface area (Å²) >= 11 is 10.6. The molecule has 0 aromatic carbocycles. The van der Waals surface area contributed by atoms with Crippen LogP contribution in [0.3, 0.4) is 0 Å². The molecule has 0 unspecified atom stereocenters. The van der Waals surface area contributed by atoms with Gasteiger partial charge in [0.05, 0.1) is 4.47 Å². The van der Waals surface area contributed by atoms with Gasteiger partial charge in [0.2, 0.25) is 0 Å². The second-order valence-electron chi connectivity index (χ2n) is 2.57. The molecule has 2 aromatic rings. The van der Waals surface area contributed by atoms with Crippen molar-refractivity contribution in [3.05, 3.63) is 27.3 Å². The van der Waals surface area contributed by atoms with E-state index >= 15 is 0 Å². The molecule has 0 radical (unpaired) electrons. The van der Waals surface area contributed by atoms with E-state index in [-0.39, 0.29) is 0 Å². The highest BCUT2D eigenvalue weighted by Crippen LogP contribution is 2.29. The highest BCUT2D eigenvalue weighted by atomic mass is 79.9. The van der Waals surface area contributed by atoms with Crippen LogP contribution in [0.5, 0.6) is 0 Å². The third kappa shape index (κ3) is 1.89. The fourth-order valence-corrected chi connectivity index (χ4v) is 2.10. The van der Waals surface area contributed by atoms with Crippen LogP contribution in [-0.2, 0) is 0 Å². The lowest BCUT2D eigenvalue weighted by Gasteiger charge is -1.97. The molecule has 0 amide bonds. The molecule has 0 saturated heterocycles. The number of nitrogens with zero attached hydrogens (tertiary/aromatic N) is 2. The second-order valence-corrected chi connectivity index (χ2v) is 4.64. The molecule has 0 bridgehead atoms. The lowest BCUT2D eigenvalue weighted by atomic mass is 10.3. The number of nitrogen functional groups attached to an aromatic ring is 1. The zero-order chi connectivity index (χ0) is 10.1. The number of rotatable bonds is 1. The van der Waals surface area contributed by atoms with E-state index in [9.17, 15) is 0 Å². The van der Waals surface area contributed by atoms with Crippen molar-refractivity contribution in [2.24, 2.45) is 0 Å². The van der Waals surface area contributed by atoms with Gasteiger partial charge in [-0.1, -0.05) is 11.6 Å². The Hall–Kier alpha value is -0.650. The van der Waals surface area contributed by atoms with Gasteiger partial charge >= 0.3 is 0 Å². The zero-order valence-electron chi connectivity index (χ0n) is 6.87. The van der Waals surface area contributed by atoms with Crippen molar-refractivity contribution in [1.29, 1.82) is 0 Å². The minimum atomic E-state index is 0.443. The molecule has 0 atom stereocenters. The number of thiazole rings is 1. The molecule has 0 spiro atoms. The largest absolute Gasteiger partial charge is 0.383 e. The minimum Gasteiger partial charge on any atom is -0.383 e. The van der Waals surface area contributed by atoms with E-state index in [1.54, 1.807) is 11.6 Å². The number of pyridine rings is 1. The van der Waals surface area contributed by atoms with Crippen LogP contribution < -0.4 is 5.73 Å². The Bertz CT molecular complexity index is 471. The van der Waals surface area contributed by atoms with E-state index in [0.717, 1.165) is 15.0 Å². The standard InChI is InChI=1S/C8H5BrClN3S/c9-5-1-4(2-12-7(5)10)8-13-6(11)3-14-8/h1-3H,11H2. The summed E-state index contributed by atoms with van der Waals surface area (Å²) in [5, 5.41) is 3.07. The number of hydrogen-bond donors (Lipinski definition) is 1. The fraction of sp³-hybridized carbons (Fsp3) is 0. The summed E-state index contributed by atoms with van der Waals surface area (Å²) in [6, 6.07) is 1.87. The first-order valence-electron chi connectivity index (χ1n) is 3.69. The normalized spacial score (nSPS) is 10.4. The van der Waals surface area contributed by atoms with E-state index in [1.165, 1.54) is 11.3 Å². The Morgan fingerprint density at radius 2 is 2.29 bits per heavy atom. The number of nitrogens with two attached hydrogens (primary N) is 1. The first kappa shape index (κ1) is 9.89. The van der Waals surface area contributed by atoms with Gasteiger partial charge in [-0.15, -0.1) is 11.3 Å². The number of halogens is 2. The summed E-state index contributed by atoms with van der Waals surface area (Å²) in [7, 11) is 0. The molecule has 3 nitrogen and oxygen atoms in total. The van der Waals surface area contributed by atoms with Gasteiger partial charge in [-0.3, -0.25) is 0 Å². The van der Waals surface area contributed by atoms with Crippen molar-refractivity contribution in [2.45, 2.75) is 0 Å². The maximum absolute atomic E-state index is 5.77. The maximum atomic E-state index is 5.77. The summed E-state index contributed by atoms with van der Waals surface area (Å²) in [5.41, 5.74) is 6.43. The quantitative estimate of drug-likeness (QED) is 0.821. The molecule has 0 saturated carbocycles. The van der Waals surface area contributed by atoms with Gasteiger partial charge in [-0.2, -0.15) is 0 Å². The van der Waals surface area contributed by atoms with E-state index in [0.29, 0.717) is 11.0 Å². The van der Waals surface area contributed by atoms with Gasteiger partial charge in [-0.05, 0) is 22.0 Å². The average Bonchev–Trinajstić information content (AvgIpc) is 2.57. The monoisotopic (exact) mass is 289 g/mol. The number of anilines is 1. The van der Waals surface area contributed by atoms with Crippen LogP contribution >= 0.6 is 38.9 Å². The van der Waals surface area contributed by atoms with E-state index < -0.39 is 0 Å². The molecule has 0 aliphatic heterocycles. The summed E-state index contributed by atoms with van der Waals surface area (Å²) in [4.78, 5) is 8.15. The zero-order valence-corrected chi connectivity index (χ0v) is 10.0. The van der Waals surface area contributed by atoms with Crippen molar-refractivity contribution < 1.29 is 0 Å². The smallest absolute Gasteiger partial charge is 0.143 e. The van der Waals surface area contributed by atoms with Crippen molar-refractivity contribution in [3.63, 3.8) is 0 Å². The van der Waals surface area contributed by atoms with Gasteiger partial charge in [0.15, 0.2) is 0 Å². The van der Waals surface area contributed by atoms with Crippen LogP contribution in [0, 0.1) is 0 Å². The first-order chi connectivity index (χ1) is 6.66. The van der Waals surface area contributed by atoms with Crippen molar-refractivity contribution in [2.75, 3.05) is 5.73 Å². The summed E-state index contributed by atoms with van der Waals surface area (Å²) in [6.07, 6.45) is 1.67. The van der Waals surface area contributed by atoms with Crippen molar-refractivity contribution in [1.82, 2.24) is 9.97 Å². The third-order valence-corrected chi connectivity index (χ3v) is 3.61. The Morgan fingerprint density at radius 1 is 1.50 bits per heavy atom. The SMILES string of the molecule is Nc1csc(-c2cnc(Cl)c(Br)c2)n1. The lowest BCUT2D eigenvalue weighted by molar-refractivity contribution is 1.30. The van der Waals surface area contributed by atoms with Crippen molar-refractivity contribution >= 4 is 44.7 Å². The summed E-state index contributed by atoms with van der Waals surface area (Å²) < 4.78 is 0.755. The van der Waals surface area contributed by atoms with E-state index in [1.807, 2.05) is 6.07 Å². The minimum absolute atomic E-state index is 0.443. The lowest BCUT2D eigenvalue weighted by Crippen LogP contribution is -1.85. The molecule has 2 rings (SSSR count). The predicted octanol–water partition coefficient (Wildman–Crippen LogP) is 3.20. The maximum Gasteiger partial charge on any atom is 0.143 e. The Balaban J connectivity index is 2.47. The molecule has 2 heterocycles. The van der Waals surface area contributed by atoms with Gasteiger partial charge < -0.3 is 5.73 Å². The molecule has 72 valence electrons. The Morgan fingerprint density at radius 3 is 2.86 bits per heavy atom. The molecule has 2 N–H and O–H groups in total. The number of hydrogen-bond acceptors (Lipinski definition) is 4. The van der Waals surface area contributed by atoms with E-state index in [2.05, 4.69) is 25.9 Å². The van der Waals surface area contributed by atoms with Gasteiger partial charge in [0.25, 0.3) is 0 Å². The molecule has 0 aliphatic carbocycles. The third-order valence-electron chi connectivity index (χ3n) is 1.57.